The van der Waals surface area contributed by atoms with Crippen LogP contribution in [0.5, 0.6) is 11.5 Å². The summed E-state index contributed by atoms with van der Waals surface area (Å²) in [6.07, 6.45) is 1.30. The van der Waals surface area contributed by atoms with Gasteiger partial charge in [-0.1, -0.05) is 47.5 Å². The number of barbiturate groups is 1. The zero-order chi connectivity index (χ0) is 25.8. The lowest BCUT2D eigenvalue weighted by atomic mass is 10.1. The summed E-state index contributed by atoms with van der Waals surface area (Å²) < 4.78 is 24.7. The highest BCUT2D eigenvalue weighted by atomic mass is 35.5. The monoisotopic (exact) mass is 528 g/mol. The molecule has 0 bridgehead atoms. The minimum atomic E-state index is -0.909. The molecular formula is C26H19Cl2FN2O5. The molecule has 36 heavy (non-hydrogen) atoms. The van der Waals surface area contributed by atoms with Crippen molar-refractivity contribution in [1.29, 1.82) is 0 Å². The Labute approximate surface area is 216 Å². The Morgan fingerprint density at radius 1 is 0.972 bits per heavy atom. The van der Waals surface area contributed by atoms with E-state index in [-0.39, 0.29) is 51.8 Å². The third-order valence-corrected chi connectivity index (χ3v) is 5.73. The molecule has 1 aliphatic heterocycles. The van der Waals surface area contributed by atoms with E-state index in [2.05, 4.69) is 5.32 Å². The summed E-state index contributed by atoms with van der Waals surface area (Å²) in [6.45, 7) is 2.17. The van der Waals surface area contributed by atoms with Gasteiger partial charge in [-0.15, -0.1) is 0 Å². The summed E-state index contributed by atoms with van der Waals surface area (Å²) in [6, 6.07) is 14.2. The molecule has 1 fully saturated rings. The molecule has 10 heteroatoms. The molecule has 3 aromatic rings. The maximum absolute atomic E-state index is 13.2. The van der Waals surface area contributed by atoms with Crippen LogP contribution in [0.2, 0.25) is 10.0 Å². The van der Waals surface area contributed by atoms with Crippen LogP contribution in [0.4, 0.5) is 14.9 Å². The van der Waals surface area contributed by atoms with E-state index in [0.717, 1.165) is 10.5 Å². The summed E-state index contributed by atoms with van der Waals surface area (Å²) in [7, 11) is 0. The van der Waals surface area contributed by atoms with Crippen LogP contribution in [-0.4, -0.2) is 24.5 Å². The molecule has 184 valence electrons. The SMILES string of the molecule is CCOc1cc(/C=C2\C(=O)NC(=O)N(c3ccccc3Cl)C2=O)cc(Cl)c1OCc1ccc(F)cc1. The molecule has 7 nitrogen and oxygen atoms in total. The van der Waals surface area contributed by atoms with Gasteiger partial charge in [0.15, 0.2) is 11.5 Å². The molecule has 1 heterocycles. The topological polar surface area (TPSA) is 84.9 Å². The van der Waals surface area contributed by atoms with Crippen LogP contribution in [0.1, 0.15) is 18.1 Å². The fourth-order valence-electron chi connectivity index (χ4n) is 3.49. The van der Waals surface area contributed by atoms with Gasteiger partial charge in [-0.25, -0.2) is 14.1 Å². The number of halogens is 3. The van der Waals surface area contributed by atoms with Gasteiger partial charge < -0.3 is 9.47 Å². The first-order chi connectivity index (χ1) is 17.3. The minimum Gasteiger partial charge on any atom is -0.490 e. The fraction of sp³-hybridized carbons (Fsp3) is 0.115. The van der Waals surface area contributed by atoms with E-state index in [1.54, 1.807) is 37.3 Å². The quantitative estimate of drug-likeness (QED) is 0.310. The Morgan fingerprint density at radius 2 is 1.69 bits per heavy atom. The number of hydrogen-bond acceptors (Lipinski definition) is 5. The van der Waals surface area contributed by atoms with E-state index >= 15 is 0 Å². The van der Waals surface area contributed by atoms with E-state index in [1.807, 2.05) is 0 Å². The molecule has 1 saturated heterocycles. The smallest absolute Gasteiger partial charge is 0.335 e. The van der Waals surface area contributed by atoms with Crippen LogP contribution in [0, 0.1) is 5.82 Å². The Morgan fingerprint density at radius 3 is 2.39 bits per heavy atom. The van der Waals surface area contributed by atoms with Crippen molar-refractivity contribution in [2.75, 3.05) is 11.5 Å². The lowest BCUT2D eigenvalue weighted by Gasteiger charge is -2.27. The van der Waals surface area contributed by atoms with Gasteiger partial charge in [0, 0.05) is 0 Å². The highest BCUT2D eigenvalue weighted by Crippen LogP contribution is 2.38. The van der Waals surface area contributed by atoms with E-state index in [1.165, 1.54) is 36.4 Å². The number of carbonyl (C=O) groups excluding carboxylic acids is 3. The average molecular weight is 529 g/mol. The number of rotatable bonds is 7. The molecule has 0 aromatic heterocycles. The second kappa shape index (κ2) is 10.8. The molecule has 0 spiro atoms. The largest absolute Gasteiger partial charge is 0.490 e. The van der Waals surface area contributed by atoms with Crippen LogP contribution < -0.4 is 19.7 Å². The molecule has 3 aromatic carbocycles. The Bertz CT molecular complexity index is 1380. The zero-order valence-corrected chi connectivity index (χ0v) is 20.4. The third kappa shape index (κ3) is 5.35. The standard InChI is InChI=1S/C26H19Cl2FN2O5/c1-2-35-22-13-16(12-20(28)23(22)36-14-15-7-9-17(29)10-8-15)11-18-24(32)30-26(34)31(25(18)33)21-6-4-3-5-19(21)27/h3-13H,2,14H2,1H3,(H,30,32,34)/b18-11+. The van der Waals surface area contributed by atoms with Gasteiger partial charge in [-0.3, -0.25) is 14.9 Å². The number of benzene rings is 3. The molecule has 4 amide bonds. The number of imide groups is 2. The van der Waals surface area contributed by atoms with E-state index < -0.39 is 17.8 Å². The van der Waals surface area contributed by atoms with Crippen molar-refractivity contribution in [3.63, 3.8) is 0 Å². The van der Waals surface area contributed by atoms with Crippen LogP contribution >= 0.6 is 23.2 Å². The maximum atomic E-state index is 13.2. The lowest BCUT2D eigenvalue weighted by molar-refractivity contribution is -0.122. The Kier molecular flexibility index (Phi) is 7.57. The van der Waals surface area contributed by atoms with Crippen molar-refractivity contribution in [2.24, 2.45) is 0 Å². The van der Waals surface area contributed by atoms with Gasteiger partial charge in [0.25, 0.3) is 11.8 Å². The van der Waals surface area contributed by atoms with Gasteiger partial charge in [0.05, 0.1) is 22.3 Å². The second-order valence-corrected chi connectivity index (χ2v) is 8.40. The van der Waals surface area contributed by atoms with E-state index in [0.29, 0.717) is 5.56 Å². The molecule has 1 N–H and O–H groups in total. The number of anilines is 1. The van der Waals surface area contributed by atoms with Gasteiger partial charge in [-0.05, 0) is 60.5 Å². The number of carbonyl (C=O) groups is 3. The summed E-state index contributed by atoms with van der Waals surface area (Å²) in [4.78, 5) is 38.9. The predicted octanol–water partition coefficient (Wildman–Crippen LogP) is 5.78. The number of urea groups is 1. The number of nitrogens with zero attached hydrogens (tertiary/aromatic N) is 1. The first-order valence-electron chi connectivity index (χ1n) is 10.8. The summed E-state index contributed by atoms with van der Waals surface area (Å²) in [5, 5.41) is 2.48. The van der Waals surface area contributed by atoms with Crippen molar-refractivity contribution in [3.8, 4) is 11.5 Å². The number of para-hydroxylation sites is 1. The predicted molar refractivity (Wildman–Crippen MR) is 134 cm³/mol. The molecule has 4 rings (SSSR count). The highest BCUT2D eigenvalue weighted by Gasteiger charge is 2.37. The fourth-order valence-corrected chi connectivity index (χ4v) is 3.98. The molecule has 1 aliphatic rings. The van der Waals surface area contributed by atoms with Gasteiger partial charge in [0.1, 0.15) is 18.0 Å². The zero-order valence-electron chi connectivity index (χ0n) is 18.9. The van der Waals surface area contributed by atoms with Crippen LogP contribution in [-0.2, 0) is 16.2 Å². The number of ether oxygens (including phenoxy) is 2. The number of hydrogen-bond donors (Lipinski definition) is 1. The highest BCUT2D eigenvalue weighted by molar-refractivity contribution is 6.42. The molecule has 0 unspecified atom stereocenters. The van der Waals surface area contributed by atoms with Gasteiger partial charge in [0.2, 0.25) is 0 Å². The Balaban J connectivity index is 1.66. The average Bonchev–Trinajstić information content (AvgIpc) is 2.83. The lowest BCUT2D eigenvalue weighted by Crippen LogP contribution is -2.54. The van der Waals surface area contributed by atoms with Gasteiger partial charge in [-0.2, -0.15) is 0 Å². The number of nitrogens with one attached hydrogen (secondary N) is 1. The van der Waals surface area contributed by atoms with Gasteiger partial charge >= 0.3 is 6.03 Å². The summed E-state index contributed by atoms with van der Waals surface area (Å²) in [5.74, 6) is -1.54. The molecule has 0 atom stereocenters. The van der Waals surface area contributed by atoms with Crippen molar-refractivity contribution in [3.05, 3.63) is 93.2 Å². The first kappa shape index (κ1) is 25.2. The minimum absolute atomic E-state index is 0.107. The third-order valence-electron chi connectivity index (χ3n) is 5.13. The Hall–Kier alpha value is -3.88. The maximum Gasteiger partial charge on any atom is 0.335 e. The van der Waals surface area contributed by atoms with Crippen molar-refractivity contribution < 1.29 is 28.2 Å². The summed E-state index contributed by atoms with van der Waals surface area (Å²) >= 11 is 12.6. The number of amides is 4. The summed E-state index contributed by atoms with van der Waals surface area (Å²) in [5.41, 5.74) is 0.921. The van der Waals surface area contributed by atoms with Crippen molar-refractivity contribution in [2.45, 2.75) is 13.5 Å². The molecule has 0 radical (unpaired) electrons. The van der Waals surface area contributed by atoms with Crippen molar-refractivity contribution >= 4 is 52.8 Å². The van der Waals surface area contributed by atoms with Crippen molar-refractivity contribution in [1.82, 2.24) is 5.32 Å². The van der Waals surface area contributed by atoms with E-state index in [9.17, 15) is 18.8 Å². The van der Waals surface area contributed by atoms with Crippen LogP contribution in [0.3, 0.4) is 0 Å². The molecule has 0 saturated carbocycles. The normalized spacial score (nSPS) is 14.7. The first-order valence-corrected chi connectivity index (χ1v) is 11.5. The van der Waals surface area contributed by atoms with E-state index in [4.69, 9.17) is 32.7 Å². The van der Waals surface area contributed by atoms with Crippen LogP contribution in [0.15, 0.2) is 66.2 Å². The molecule has 0 aliphatic carbocycles. The second-order valence-electron chi connectivity index (χ2n) is 7.59. The van der Waals surface area contributed by atoms with Crippen LogP contribution in [0.25, 0.3) is 6.08 Å². The molecular weight excluding hydrogens is 510 g/mol.